The van der Waals surface area contributed by atoms with Gasteiger partial charge in [-0.25, -0.2) is 0 Å². The van der Waals surface area contributed by atoms with E-state index in [1.807, 2.05) is 19.4 Å². The Morgan fingerprint density at radius 1 is 1.33 bits per heavy atom. The number of hydrogen-bond acceptors (Lipinski definition) is 2. The lowest BCUT2D eigenvalue weighted by Gasteiger charge is -2.31. The zero-order valence-electron chi connectivity index (χ0n) is 15.6. The van der Waals surface area contributed by atoms with Gasteiger partial charge in [-0.2, -0.15) is 0 Å². The summed E-state index contributed by atoms with van der Waals surface area (Å²) in [4.78, 5) is 10.9. The van der Waals surface area contributed by atoms with Gasteiger partial charge in [-0.05, 0) is 55.2 Å². The van der Waals surface area contributed by atoms with Crippen LogP contribution >= 0.6 is 24.0 Å². The summed E-state index contributed by atoms with van der Waals surface area (Å²) in [7, 11) is 4.03. The number of rotatable bonds is 5. The van der Waals surface area contributed by atoms with Crippen molar-refractivity contribution in [2.75, 3.05) is 27.2 Å². The van der Waals surface area contributed by atoms with E-state index >= 15 is 0 Å². The van der Waals surface area contributed by atoms with Gasteiger partial charge in [0.1, 0.15) is 0 Å². The molecule has 1 N–H and O–H groups in total. The van der Waals surface area contributed by atoms with E-state index < -0.39 is 0 Å². The Morgan fingerprint density at radius 3 is 2.67 bits per heavy atom. The highest BCUT2D eigenvalue weighted by Crippen LogP contribution is 2.28. The first-order valence-corrected chi connectivity index (χ1v) is 8.91. The molecule has 0 bridgehead atoms. The lowest BCUT2D eigenvalue weighted by atomic mass is 9.83. The van der Waals surface area contributed by atoms with Crippen LogP contribution in [0.25, 0.3) is 0 Å². The van der Waals surface area contributed by atoms with E-state index in [0.29, 0.717) is 0 Å². The molecule has 1 aliphatic carbocycles. The van der Waals surface area contributed by atoms with Crippen LogP contribution < -0.4 is 5.32 Å². The number of nitrogens with zero attached hydrogens (tertiary/aromatic N) is 3. The van der Waals surface area contributed by atoms with E-state index in [1.165, 1.54) is 36.8 Å². The maximum absolute atomic E-state index is 4.44. The Labute approximate surface area is 164 Å². The largest absolute Gasteiger partial charge is 0.356 e. The molecule has 136 valence electrons. The van der Waals surface area contributed by atoms with Gasteiger partial charge in [0.25, 0.3) is 0 Å². The minimum absolute atomic E-state index is 0. The van der Waals surface area contributed by atoms with E-state index in [0.717, 1.165) is 37.3 Å². The molecule has 1 aromatic rings. The molecule has 1 fully saturated rings. The average Bonchev–Trinajstić information content (AvgIpc) is 2.55. The van der Waals surface area contributed by atoms with Crippen LogP contribution in [-0.2, 0) is 6.42 Å². The van der Waals surface area contributed by atoms with Crippen molar-refractivity contribution in [2.45, 2.75) is 46.0 Å². The van der Waals surface area contributed by atoms with E-state index in [1.54, 1.807) is 0 Å². The van der Waals surface area contributed by atoms with Crippen LogP contribution in [0.3, 0.4) is 0 Å². The molecule has 0 saturated heterocycles. The van der Waals surface area contributed by atoms with Gasteiger partial charge in [0, 0.05) is 39.6 Å². The van der Waals surface area contributed by atoms with E-state index in [2.05, 4.69) is 47.2 Å². The summed E-state index contributed by atoms with van der Waals surface area (Å²) in [6, 6.07) is 2.10. The van der Waals surface area contributed by atoms with Crippen molar-refractivity contribution < 1.29 is 0 Å². The van der Waals surface area contributed by atoms with Gasteiger partial charge in [-0.15, -0.1) is 24.0 Å². The van der Waals surface area contributed by atoms with Crippen molar-refractivity contribution in [1.82, 2.24) is 15.2 Å². The van der Waals surface area contributed by atoms with Gasteiger partial charge < -0.3 is 10.2 Å². The second-order valence-electron chi connectivity index (χ2n) is 7.03. The number of aromatic nitrogens is 1. The number of aryl methyl sites for hydroxylation is 1. The highest BCUT2D eigenvalue weighted by Gasteiger charge is 2.20. The number of hydrogen-bond donors (Lipinski definition) is 1. The predicted octanol–water partition coefficient (Wildman–Crippen LogP) is 3.88. The fraction of sp³-hybridized carbons (Fsp3) is 0.684. The van der Waals surface area contributed by atoms with Crippen LogP contribution in [-0.4, -0.2) is 43.0 Å². The van der Waals surface area contributed by atoms with Crippen LogP contribution in [0, 0.1) is 18.8 Å². The number of guanidine groups is 1. The molecule has 0 amide bonds. The topological polar surface area (TPSA) is 40.5 Å². The number of aliphatic imine (C=N–C) groups is 1. The second kappa shape index (κ2) is 10.9. The minimum atomic E-state index is 0. The molecule has 1 saturated carbocycles. The third-order valence-corrected chi connectivity index (χ3v) is 5.05. The van der Waals surface area contributed by atoms with Crippen molar-refractivity contribution in [2.24, 2.45) is 16.8 Å². The Kier molecular flexibility index (Phi) is 9.63. The highest BCUT2D eigenvalue weighted by atomic mass is 127. The maximum Gasteiger partial charge on any atom is 0.193 e. The third kappa shape index (κ3) is 6.57. The molecule has 2 rings (SSSR count). The molecule has 24 heavy (non-hydrogen) atoms. The number of pyridine rings is 1. The molecule has 0 radical (unpaired) electrons. The Morgan fingerprint density at radius 2 is 2.04 bits per heavy atom. The SMILES string of the molecule is CN=C(NCCc1ccncc1C)N(C)CC1CCC(C)CC1.I. The van der Waals surface area contributed by atoms with Crippen LogP contribution in [0.15, 0.2) is 23.5 Å². The van der Waals surface area contributed by atoms with Crippen LogP contribution in [0.5, 0.6) is 0 Å². The lowest BCUT2D eigenvalue weighted by Crippen LogP contribution is -2.42. The van der Waals surface area contributed by atoms with Crippen molar-refractivity contribution in [3.8, 4) is 0 Å². The smallest absolute Gasteiger partial charge is 0.193 e. The monoisotopic (exact) mass is 444 g/mol. The van der Waals surface area contributed by atoms with Crippen molar-refractivity contribution >= 4 is 29.9 Å². The van der Waals surface area contributed by atoms with E-state index in [-0.39, 0.29) is 24.0 Å². The highest BCUT2D eigenvalue weighted by molar-refractivity contribution is 14.0. The molecule has 0 aliphatic heterocycles. The van der Waals surface area contributed by atoms with Crippen LogP contribution in [0.4, 0.5) is 0 Å². The molecule has 0 unspecified atom stereocenters. The van der Waals surface area contributed by atoms with Crippen molar-refractivity contribution in [1.29, 1.82) is 0 Å². The lowest BCUT2D eigenvalue weighted by molar-refractivity contribution is 0.250. The second-order valence-corrected chi connectivity index (χ2v) is 7.03. The third-order valence-electron chi connectivity index (χ3n) is 5.05. The molecule has 1 heterocycles. The molecule has 0 aromatic carbocycles. The van der Waals surface area contributed by atoms with Gasteiger partial charge in [0.15, 0.2) is 5.96 Å². The first kappa shape index (κ1) is 21.2. The Hall–Kier alpha value is -0.850. The fourth-order valence-electron chi connectivity index (χ4n) is 3.46. The Balaban J connectivity index is 0.00000288. The molecule has 4 nitrogen and oxygen atoms in total. The van der Waals surface area contributed by atoms with Crippen LogP contribution in [0.1, 0.15) is 43.7 Å². The van der Waals surface area contributed by atoms with Gasteiger partial charge in [-0.1, -0.05) is 19.8 Å². The molecular formula is C19H33IN4. The molecule has 0 atom stereocenters. The zero-order valence-corrected chi connectivity index (χ0v) is 17.9. The summed E-state index contributed by atoms with van der Waals surface area (Å²) < 4.78 is 0. The van der Waals surface area contributed by atoms with Gasteiger partial charge >= 0.3 is 0 Å². The van der Waals surface area contributed by atoms with E-state index in [4.69, 9.17) is 0 Å². The quantitative estimate of drug-likeness (QED) is 0.426. The summed E-state index contributed by atoms with van der Waals surface area (Å²) in [6.45, 7) is 6.51. The Bertz CT molecular complexity index is 510. The fourth-order valence-corrected chi connectivity index (χ4v) is 3.46. The summed E-state index contributed by atoms with van der Waals surface area (Å²) >= 11 is 0. The molecule has 5 heteroatoms. The minimum Gasteiger partial charge on any atom is -0.356 e. The normalized spacial score (nSPS) is 21.1. The summed E-state index contributed by atoms with van der Waals surface area (Å²) in [5, 5.41) is 3.50. The number of nitrogens with one attached hydrogen (secondary N) is 1. The van der Waals surface area contributed by atoms with Gasteiger partial charge in [0.05, 0.1) is 0 Å². The maximum atomic E-state index is 4.44. The summed E-state index contributed by atoms with van der Waals surface area (Å²) in [5.41, 5.74) is 2.61. The van der Waals surface area contributed by atoms with E-state index in [9.17, 15) is 0 Å². The van der Waals surface area contributed by atoms with Gasteiger partial charge in [0.2, 0.25) is 0 Å². The molecular weight excluding hydrogens is 411 g/mol. The molecule has 1 aromatic heterocycles. The first-order valence-electron chi connectivity index (χ1n) is 8.91. The average molecular weight is 444 g/mol. The van der Waals surface area contributed by atoms with Crippen LogP contribution in [0.2, 0.25) is 0 Å². The zero-order chi connectivity index (χ0) is 16.7. The van der Waals surface area contributed by atoms with Gasteiger partial charge in [-0.3, -0.25) is 9.98 Å². The van der Waals surface area contributed by atoms with Crippen molar-refractivity contribution in [3.63, 3.8) is 0 Å². The first-order chi connectivity index (χ1) is 11.1. The number of halogens is 1. The standard InChI is InChI=1S/C19H32N4.HI/c1-15-5-7-17(8-6-15)14-23(4)19(20-3)22-12-10-18-9-11-21-13-16(18)2;/h9,11,13,15,17H,5-8,10,12,14H2,1-4H3,(H,20,22);1H. The summed E-state index contributed by atoms with van der Waals surface area (Å²) in [6.07, 6.45) is 10.3. The molecule has 1 aliphatic rings. The summed E-state index contributed by atoms with van der Waals surface area (Å²) in [5.74, 6) is 2.74. The molecule has 0 spiro atoms. The predicted molar refractivity (Wildman–Crippen MR) is 113 cm³/mol. The van der Waals surface area contributed by atoms with Crippen molar-refractivity contribution in [3.05, 3.63) is 29.6 Å².